The molecule has 2 N–H and O–H groups in total. The number of aromatic nitrogens is 2. The third-order valence-corrected chi connectivity index (χ3v) is 4.55. The van der Waals surface area contributed by atoms with Gasteiger partial charge in [0.15, 0.2) is 6.61 Å². The van der Waals surface area contributed by atoms with Gasteiger partial charge in [-0.2, -0.15) is 0 Å². The monoisotopic (exact) mass is 403 g/mol. The summed E-state index contributed by atoms with van der Waals surface area (Å²) >= 11 is 12.0. The third kappa shape index (κ3) is 5.02. The molecule has 1 aromatic heterocycles. The van der Waals surface area contributed by atoms with Crippen LogP contribution in [0.1, 0.15) is 25.2 Å². The molecule has 0 aliphatic heterocycles. The van der Waals surface area contributed by atoms with Gasteiger partial charge in [0.25, 0.3) is 5.91 Å². The summed E-state index contributed by atoms with van der Waals surface area (Å²) in [5, 5.41) is 3.81. The van der Waals surface area contributed by atoms with E-state index in [-0.39, 0.29) is 18.6 Å². The van der Waals surface area contributed by atoms with Crippen molar-refractivity contribution in [3.8, 4) is 17.0 Å². The van der Waals surface area contributed by atoms with Crippen molar-refractivity contribution in [2.24, 2.45) is 0 Å². The number of H-pyrrole nitrogens is 1. The maximum atomic E-state index is 12.3. The van der Waals surface area contributed by atoms with Gasteiger partial charge in [-0.15, -0.1) is 0 Å². The summed E-state index contributed by atoms with van der Waals surface area (Å²) in [6, 6.07) is 14.5. The Labute approximate surface area is 167 Å². The lowest BCUT2D eigenvalue weighted by atomic mass is 10.2. The molecular weight excluding hydrogens is 385 g/mol. The molecule has 0 saturated heterocycles. The average Bonchev–Trinajstić information content (AvgIpc) is 3.17. The average molecular weight is 404 g/mol. The molecule has 2 aromatic carbocycles. The van der Waals surface area contributed by atoms with Crippen molar-refractivity contribution in [3.05, 3.63) is 70.6 Å². The largest absolute Gasteiger partial charge is 0.482 e. The van der Waals surface area contributed by atoms with E-state index >= 15 is 0 Å². The summed E-state index contributed by atoms with van der Waals surface area (Å²) in [7, 11) is 0. The Morgan fingerprint density at radius 3 is 2.74 bits per heavy atom. The third-order valence-electron chi connectivity index (χ3n) is 4.01. The number of benzene rings is 2. The van der Waals surface area contributed by atoms with Crippen molar-refractivity contribution in [3.63, 3.8) is 0 Å². The van der Waals surface area contributed by atoms with Gasteiger partial charge in [0, 0.05) is 11.1 Å². The molecule has 7 heteroatoms. The molecule has 27 heavy (non-hydrogen) atoms. The van der Waals surface area contributed by atoms with Crippen LogP contribution in [0.2, 0.25) is 10.0 Å². The maximum absolute atomic E-state index is 12.3. The molecule has 0 saturated carbocycles. The molecule has 0 aliphatic carbocycles. The van der Waals surface area contributed by atoms with Crippen LogP contribution in [0.15, 0.2) is 54.7 Å². The van der Waals surface area contributed by atoms with Crippen molar-refractivity contribution in [2.45, 2.75) is 19.4 Å². The molecule has 3 rings (SSSR count). The SMILES string of the molecule is CCC(NC(=O)COc1cc(Cl)ccc1Cl)c1ncc(-c2ccccc2)[nH]1. The second-order valence-electron chi connectivity index (χ2n) is 5.94. The minimum absolute atomic E-state index is 0.164. The summed E-state index contributed by atoms with van der Waals surface area (Å²) in [4.78, 5) is 20.0. The zero-order chi connectivity index (χ0) is 19.2. The summed E-state index contributed by atoms with van der Waals surface area (Å²) < 4.78 is 5.48. The first-order valence-corrected chi connectivity index (χ1v) is 9.30. The number of ether oxygens (including phenoxy) is 1. The highest BCUT2D eigenvalue weighted by Crippen LogP contribution is 2.27. The van der Waals surface area contributed by atoms with Gasteiger partial charge < -0.3 is 15.0 Å². The van der Waals surface area contributed by atoms with Gasteiger partial charge in [0.1, 0.15) is 11.6 Å². The molecule has 3 aromatic rings. The number of carbonyl (C=O) groups is 1. The first kappa shape index (κ1) is 19.3. The molecule has 5 nitrogen and oxygen atoms in total. The lowest BCUT2D eigenvalue weighted by molar-refractivity contribution is -0.123. The first-order chi connectivity index (χ1) is 13.1. The van der Waals surface area contributed by atoms with E-state index in [1.54, 1.807) is 24.4 Å². The number of halogens is 2. The Hall–Kier alpha value is -2.50. The number of rotatable bonds is 7. The van der Waals surface area contributed by atoms with E-state index in [1.165, 1.54) is 0 Å². The van der Waals surface area contributed by atoms with Crippen LogP contribution in [-0.2, 0) is 4.79 Å². The number of imidazole rings is 1. The van der Waals surface area contributed by atoms with Crippen LogP contribution in [0.25, 0.3) is 11.3 Å². The molecule has 0 radical (unpaired) electrons. The molecule has 0 aliphatic rings. The lowest BCUT2D eigenvalue weighted by Crippen LogP contribution is -2.33. The maximum Gasteiger partial charge on any atom is 0.258 e. The molecule has 0 fully saturated rings. The van der Waals surface area contributed by atoms with Crippen LogP contribution in [0.5, 0.6) is 5.75 Å². The predicted molar refractivity (Wildman–Crippen MR) is 107 cm³/mol. The molecule has 0 bridgehead atoms. The van der Waals surface area contributed by atoms with E-state index in [0.717, 1.165) is 11.3 Å². The van der Waals surface area contributed by atoms with Crippen molar-refractivity contribution in [2.75, 3.05) is 6.61 Å². The lowest BCUT2D eigenvalue weighted by Gasteiger charge is -2.15. The molecule has 1 unspecified atom stereocenters. The van der Waals surface area contributed by atoms with Gasteiger partial charge in [-0.3, -0.25) is 4.79 Å². The van der Waals surface area contributed by atoms with E-state index in [1.807, 2.05) is 37.3 Å². The predicted octanol–water partition coefficient (Wildman–Crippen LogP) is 5.03. The van der Waals surface area contributed by atoms with Crippen molar-refractivity contribution < 1.29 is 9.53 Å². The van der Waals surface area contributed by atoms with Crippen LogP contribution in [0.4, 0.5) is 0 Å². The highest BCUT2D eigenvalue weighted by atomic mass is 35.5. The quantitative estimate of drug-likeness (QED) is 0.581. The van der Waals surface area contributed by atoms with Crippen LogP contribution < -0.4 is 10.1 Å². The van der Waals surface area contributed by atoms with E-state index < -0.39 is 0 Å². The number of carbonyl (C=O) groups excluding carboxylic acids is 1. The molecular formula is C20H19Cl2N3O2. The zero-order valence-electron chi connectivity index (χ0n) is 14.7. The van der Waals surface area contributed by atoms with Gasteiger partial charge in [0.2, 0.25) is 0 Å². The van der Waals surface area contributed by atoms with Gasteiger partial charge >= 0.3 is 0 Å². The fourth-order valence-corrected chi connectivity index (χ4v) is 2.94. The first-order valence-electron chi connectivity index (χ1n) is 8.54. The minimum atomic E-state index is -0.268. The number of aromatic amines is 1. The molecule has 1 heterocycles. The number of nitrogens with one attached hydrogen (secondary N) is 2. The molecule has 1 atom stereocenters. The molecule has 140 valence electrons. The second-order valence-corrected chi connectivity index (χ2v) is 6.78. The highest BCUT2D eigenvalue weighted by molar-refractivity contribution is 6.34. The Kier molecular flexibility index (Phi) is 6.37. The normalized spacial score (nSPS) is 11.8. The van der Waals surface area contributed by atoms with Gasteiger partial charge in [-0.1, -0.05) is 60.5 Å². The topological polar surface area (TPSA) is 67.0 Å². The second kappa shape index (κ2) is 8.93. The summed E-state index contributed by atoms with van der Waals surface area (Å²) in [6.45, 7) is 1.81. The zero-order valence-corrected chi connectivity index (χ0v) is 16.2. The number of hydrogen-bond acceptors (Lipinski definition) is 3. The van der Waals surface area contributed by atoms with E-state index in [4.69, 9.17) is 27.9 Å². The fraction of sp³-hybridized carbons (Fsp3) is 0.200. The minimum Gasteiger partial charge on any atom is -0.482 e. The van der Waals surface area contributed by atoms with Gasteiger partial charge in [0.05, 0.1) is 23.0 Å². The van der Waals surface area contributed by atoms with Crippen molar-refractivity contribution in [1.29, 1.82) is 0 Å². The van der Waals surface area contributed by atoms with E-state index in [0.29, 0.717) is 28.0 Å². The Balaban J connectivity index is 1.62. The highest BCUT2D eigenvalue weighted by Gasteiger charge is 2.17. The molecule has 0 spiro atoms. The van der Waals surface area contributed by atoms with E-state index in [9.17, 15) is 4.79 Å². The van der Waals surface area contributed by atoms with Crippen LogP contribution in [0, 0.1) is 0 Å². The van der Waals surface area contributed by atoms with Gasteiger partial charge in [-0.05, 0) is 24.1 Å². The summed E-state index contributed by atoms with van der Waals surface area (Å²) in [5.41, 5.74) is 1.94. The molecule has 1 amide bonds. The van der Waals surface area contributed by atoms with Crippen LogP contribution in [-0.4, -0.2) is 22.5 Å². The van der Waals surface area contributed by atoms with Crippen molar-refractivity contribution >= 4 is 29.1 Å². The standard InChI is InChI=1S/C20H19Cl2N3O2/c1-2-16(20-23-11-17(25-20)13-6-4-3-5-7-13)24-19(26)12-27-18-10-14(21)8-9-15(18)22/h3-11,16H,2,12H2,1H3,(H,23,25)(H,24,26). The Morgan fingerprint density at radius 2 is 2.00 bits per heavy atom. The fourth-order valence-electron chi connectivity index (χ4n) is 2.61. The van der Waals surface area contributed by atoms with Crippen LogP contribution in [0.3, 0.4) is 0 Å². The smallest absolute Gasteiger partial charge is 0.258 e. The van der Waals surface area contributed by atoms with Crippen LogP contribution >= 0.6 is 23.2 Å². The Morgan fingerprint density at radius 1 is 1.22 bits per heavy atom. The van der Waals surface area contributed by atoms with E-state index in [2.05, 4.69) is 15.3 Å². The number of hydrogen-bond donors (Lipinski definition) is 2. The van der Waals surface area contributed by atoms with Gasteiger partial charge in [-0.25, -0.2) is 4.98 Å². The summed E-state index contributed by atoms with van der Waals surface area (Å²) in [5.74, 6) is 0.803. The Bertz CT molecular complexity index is 913. The summed E-state index contributed by atoms with van der Waals surface area (Å²) in [6.07, 6.45) is 2.45. The number of amides is 1. The number of nitrogens with zero attached hydrogens (tertiary/aromatic N) is 1. The van der Waals surface area contributed by atoms with Crippen molar-refractivity contribution in [1.82, 2.24) is 15.3 Å².